The van der Waals surface area contributed by atoms with Crippen molar-refractivity contribution in [2.75, 3.05) is 31.1 Å². The molecule has 0 atom stereocenters. The lowest BCUT2D eigenvalue weighted by Crippen LogP contribution is -2.48. The normalized spacial score (nSPS) is 14.0. The van der Waals surface area contributed by atoms with Gasteiger partial charge in [-0.15, -0.1) is 0 Å². The third-order valence-corrected chi connectivity index (χ3v) is 4.30. The quantitative estimate of drug-likeness (QED) is 0.861. The molecule has 1 aliphatic heterocycles. The zero-order valence-corrected chi connectivity index (χ0v) is 14.1. The molecule has 128 valence electrons. The molecule has 0 spiro atoms. The van der Waals surface area contributed by atoms with Crippen LogP contribution in [0.15, 0.2) is 54.6 Å². The van der Waals surface area contributed by atoms with Crippen LogP contribution in [0.2, 0.25) is 0 Å². The van der Waals surface area contributed by atoms with E-state index in [9.17, 15) is 4.79 Å². The molecule has 0 aromatic heterocycles. The second-order valence-corrected chi connectivity index (χ2v) is 6.02. The highest BCUT2D eigenvalue weighted by molar-refractivity contribution is 5.68. The highest BCUT2D eigenvalue weighted by atomic mass is 16.6. The summed E-state index contributed by atoms with van der Waals surface area (Å²) in [6.07, 6.45) is 0.154. The summed E-state index contributed by atoms with van der Waals surface area (Å²) in [5, 5.41) is 8.83. The van der Waals surface area contributed by atoms with E-state index in [-0.39, 0.29) is 6.09 Å². The number of nitriles is 1. The predicted molar refractivity (Wildman–Crippen MR) is 96.2 cm³/mol. The largest absolute Gasteiger partial charge is 0.445 e. The topological polar surface area (TPSA) is 56.6 Å². The minimum absolute atomic E-state index is 0.262. The van der Waals surface area contributed by atoms with Crippen LogP contribution in [-0.4, -0.2) is 37.2 Å². The lowest BCUT2D eigenvalue weighted by atomic mass is 10.1. The summed E-state index contributed by atoms with van der Waals surface area (Å²) < 4.78 is 5.39. The molecule has 25 heavy (non-hydrogen) atoms. The maximum Gasteiger partial charge on any atom is 0.410 e. The molecule has 0 saturated carbocycles. The molecular formula is C20H21N3O2. The van der Waals surface area contributed by atoms with Crippen LogP contribution in [0.5, 0.6) is 0 Å². The summed E-state index contributed by atoms with van der Waals surface area (Å²) in [5.41, 5.74) is 3.11. The SMILES string of the molecule is N#CCc1cccc(N2CCN(C(=O)OCc3ccccc3)CC2)c1. The van der Waals surface area contributed by atoms with Crippen LogP contribution in [0, 0.1) is 11.3 Å². The van der Waals surface area contributed by atoms with Crippen LogP contribution in [0.4, 0.5) is 10.5 Å². The van der Waals surface area contributed by atoms with Crippen molar-refractivity contribution in [3.63, 3.8) is 0 Å². The second-order valence-electron chi connectivity index (χ2n) is 6.02. The van der Waals surface area contributed by atoms with Crippen LogP contribution in [0.25, 0.3) is 0 Å². The molecule has 0 bridgehead atoms. The third kappa shape index (κ3) is 4.51. The fraction of sp³-hybridized carbons (Fsp3) is 0.300. The first-order valence-corrected chi connectivity index (χ1v) is 8.43. The van der Waals surface area contributed by atoms with E-state index in [4.69, 9.17) is 10.00 Å². The summed E-state index contributed by atoms with van der Waals surface area (Å²) in [6.45, 7) is 3.09. The average molecular weight is 335 g/mol. The van der Waals surface area contributed by atoms with Gasteiger partial charge in [0.05, 0.1) is 12.5 Å². The highest BCUT2D eigenvalue weighted by Gasteiger charge is 2.22. The Morgan fingerprint density at radius 2 is 1.72 bits per heavy atom. The molecule has 0 unspecified atom stereocenters. The number of hydrogen-bond acceptors (Lipinski definition) is 4. The van der Waals surface area contributed by atoms with Gasteiger partial charge in [-0.25, -0.2) is 4.79 Å². The van der Waals surface area contributed by atoms with Crippen molar-refractivity contribution < 1.29 is 9.53 Å². The Labute approximate surface area is 148 Å². The number of ether oxygens (including phenoxy) is 1. The van der Waals surface area contributed by atoms with Crippen molar-refractivity contribution in [1.29, 1.82) is 5.26 Å². The van der Waals surface area contributed by atoms with Crippen molar-refractivity contribution in [3.05, 3.63) is 65.7 Å². The number of rotatable bonds is 4. The number of anilines is 1. The van der Waals surface area contributed by atoms with Gasteiger partial charge in [-0.1, -0.05) is 42.5 Å². The minimum Gasteiger partial charge on any atom is -0.445 e. The van der Waals surface area contributed by atoms with Crippen LogP contribution in [0.1, 0.15) is 11.1 Å². The number of carbonyl (C=O) groups excluding carboxylic acids is 1. The van der Waals surface area contributed by atoms with Gasteiger partial charge in [-0.05, 0) is 23.3 Å². The third-order valence-electron chi connectivity index (χ3n) is 4.30. The second kappa shape index (κ2) is 8.20. The number of benzene rings is 2. The van der Waals surface area contributed by atoms with Crippen LogP contribution in [0.3, 0.4) is 0 Å². The Kier molecular flexibility index (Phi) is 5.53. The number of amides is 1. The molecule has 2 aromatic carbocycles. The van der Waals surface area contributed by atoms with E-state index in [1.165, 1.54) is 0 Å². The maximum atomic E-state index is 12.2. The van der Waals surface area contributed by atoms with E-state index in [1.54, 1.807) is 4.90 Å². The number of hydrogen-bond donors (Lipinski definition) is 0. The van der Waals surface area contributed by atoms with Crippen molar-refractivity contribution in [1.82, 2.24) is 4.90 Å². The van der Waals surface area contributed by atoms with E-state index in [0.29, 0.717) is 26.1 Å². The van der Waals surface area contributed by atoms with E-state index in [0.717, 1.165) is 29.9 Å². The molecular weight excluding hydrogens is 314 g/mol. The molecule has 1 saturated heterocycles. The van der Waals surface area contributed by atoms with Crippen LogP contribution >= 0.6 is 0 Å². The molecule has 5 heteroatoms. The van der Waals surface area contributed by atoms with Gasteiger partial charge < -0.3 is 14.5 Å². The van der Waals surface area contributed by atoms with Gasteiger partial charge in [0.2, 0.25) is 0 Å². The van der Waals surface area contributed by atoms with Crippen molar-refractivity contribution >= 4 is 11.8 Å². The average Bonchev–Trinajstić information content (AvgIpc) is 2.67. The minimum atomic E-state index is -0.262. The first kappa shape index (κ1) is 16.8. The smallest absolute Gasteiger partial charge is 0.410 e. The maximum absolute atomic E-state index is 12.2. The molecule has 0 N–H and O–H groups in total. The van der Waals surface area contributed by atoms with E-state index in [2.05, 4.69) is 11.0 Å². The zero-order valence-electron chi connectivity index (χ0n) is 14.1. The lowest BCUT2D eigenvalue weighted by molar-refractivity contribution is 0.0942. The van der Waals surface area contributed by atoms with E-state index in [1.807, 2.05) is 54.6 Å². The Morgan fingerprint density at radius 1 is 1.00 bits per heavy atom. The van der Waals surface area contributed by atoms with Gasteiger partial charge in [0, 0.05) is 31.9 Å². The molecule has 5 nitrogen and oxygen atoms in total. The fourth-order valence-corrected chi connectivity index (χ4v) is 2.91. The van der Waals surface area contributed by atoms with Crippen LogP contribution in [-0.2, 0) is 17.8 Å². The summed E-state index contributed by atoms with van der Waals surface area (Å²) in [5.74, 6) is 0. The summed E-state index contributed by atoms with van der Waals surface area (Å²) in [6, 6.07) is 19.9. The zero-order chi connectivity index (χ0) is 17.5. The summed E-state index contributed by atoms with van der Waals surface area (Å²) in [7, 11) is 0. The van der Waals surface area contributed by atoms with Gasteiger partial charge in [0.25, 0.3) is 0 Å². The van der Waals surface area contributed by atoms with Crippen molar-refractivity contribution in [3.8, 4) is 6.07 Å². The molecule has 0 radical (unpaired) electrons. The molecule has 1 fully saturated rings. The standard InChI is InChI=1S/C20H21N3O2/c21-10-9-17-7-4-8-19(15-17)22-11-13-23(14-12-22)20(24)25-16-18-5-2-1-3-6-18/h1-8,15H,9,11-14,16H2. The molecule has 1 heterocycles. The van der Waals surface area contributed by atoms with Crippen molar-refractivity contribution in [2.24, 2.45) is 0 Å². The van der Waals surface area contributed by atoms with Gasteiger partial charge >= 0.3 is 6.09 Å². The lowest BCUT2D eigenvalue weighted by Gasteiger charge is -2.35. The monoisotopic (exact) mass is 335 g/mol. The molecule has 3 rings (SSSR count). The highest BCUT2D eigenvalue weighted by Crippen LogP contribution is 2.19. The van der Waals surface area contributed by atoms with E-state index < -0.39 is 0 Å². The fourth-order valence-electron chi connectivity index (χ4n) is 2.91. The molecule has 1 amide bonds. The predicted octanol–water partition coefficient (Wildman–Crippen LogP) is 3.21. The Balaban J connectivity index is 1.50. The number of nitrogens with zero attached hydrogens (tertiary/aromatic N) is 3. The van der Waals surface area contributed by atoms with E-state index >= 15 is 0 Å². The van der Waals surface area contributed by atoms with Gasteiger partial charge in [-0.3, -0.25) is 0 Å². The van der Waals surface area contributed by atoms with Gasteiger partial charge in [-0.2, -0.15) is 5.26 Å². The molecule has 1 aliphatic rings. The van der Waals surface area contributed by atoms with Crippen molar-refractivity contribution in [2.45, 2.75) is 13.0 Å². The first-order chi connectivity index (χ1) is 12.3. The number of piperazine rings is 1. The Morgan fingerprint density at radius 3 is 2.44 bits per heavy atom. The Bertz CT molecular complexity index is 747. The Hall–Kier alpha value is -3.00. The molecule has 0 aliphatic carbocycles. The summed E-state index contributed by atoms with van der Waals surface area (Å²) >= 11 is 0. The molecule has 2 aromatic rings. The van der Waals surface area contributed by atoms with Gasteiger partial charge in [0.15, 0.2) is 0 Å². The van der Waals surface area contributed by atoms with Gasteiger partial charge in [0.1, 0.15) is 6.61 Å². The number of carbonyl (C=O) groups is 1. The summed E-state index contributed by atoms with van der Waals surface area (Å²) in [4.78, 5) is 16.2. The first-order valence-electron chi connectivity index (χ1n) is 8.43. The van der Waals surface area contributed by atoms with Crippen LogP contribution < -0.4 is 4.90 Å².